The number of anilines is 2. The van der Waals surface area contributed by atoms with Gasteiger partial charge in [-0.15, -0.1) is 11.3 Å². The first kappa shape index (κ1) is 29.1. The number of hydrogen-bond acceptors (Lipinski definition) is 12. The summed E-state index contributed by atoms with van der Waals surface area (Å²) in [5, 5.41) is 39.1. The van der Waals surface area contributed by atoms with Crippen molar-refractivity contribution >= 4 is 39.3 Å². The molecule has 12 heteroatoms. The molecule has 4 rings (SSSR count). The molecule has 0 unspecified atom stereocenters. The number of rotatable bonds is 8. The highest BCUT2D eigenvalue weighted by Gasteiger charge is 2.48. The average Bonchev–Trinajstić information content (AvgIpc) is 3.35. The number of pyridine rings is 1. The maximum absolute atomic E-state index is 12.1. The molecule has 3 heterocycles. The lowest BCUT2D eigenvalue weighted by atomic mass is 9.88. The van der Waals surface area contributed by atoms with Crippen molar-refractivity contribution in [1.82, 2.24) is 19.9 Å². The van der Waals surface area contributed by atoms with Crippen molar-refractivity contribution in [1.29, 1.82) is 0 Å². The summed E-state index contributed by atoms with van der Waals surface area (Å²) in [4.78, 5) is 30.6. The molecule has 3 aromatic heterocycles. The molecule has 0 spiro atoms. The second-order valence-corrected chi connectivity index (χ2v) is 12.6. The van der Waals surface area contributed by atoms with Crippen LogP contribution in [-0.4, -0.2) is 77.2 Å². The first-order chi connectivity index (χ1) is 18.1. The number of ether oxygens (including phenoxy) is 1. The molecule has 3 aromatic rings. The summed E-state index contributed by atoms with van der Waals surface area (Å²) in [5.41, 5.74) is 1.17. The Kier molecular flexibility index (Phi) is 8.13. The molecule has 39 heavy (non-hydrogen) atoms. The predicted octanol–water partition coefficient (Wildman–Crippen LogP) is 3.20. The van der Waals surface area contributed by atoms with Crippen molar-refractivity contribution in [3.05, 3.63) is 23.7 Å². The Morgan fingerprint density at radius 2 is 1.82 bits per heavy atom. The van der Waals surface area contributed by atoms with E-state index in [1.807, 2.05) is 40.7 Å². The Morgan fingerprint density at radius 1 is 1.10 bits per heavy atom. The highest BCUT2D eigenvalue weighted by molar-refractivity contribution is 7.21. The van der Waals surface area contributed by atoms with E-state index in [-0.39, 0.29) is 18.9 Å². The molecule has 11 nitrogen and oxygen atoms in total. The molecular weight excluding hydrogens is 520 g/mol. The van der Waals surface area contributed by atoms with Crippen LogP contribution in [0, 0.1) is 19.8 Å². The van der Waals surface area contributed by atoms with Gasteiger partial charge in [0, 0.05) is 18.7 Å². The number of carbonyl (C=O) groups is 1. The van der Waals surface area contributed by atoms with Crippen molar-refractivity contribution in [2.45, 2.75) is 90.8 Å². The number of thiazole rings is 1. The highest BCUT2D eigenvalue weighted by atomic mass is 32.1. The standard InChI is InChI=1S/C27H38N6O5S/c1-13-19(24-32-20-14(2)28-10-8-17(20)39-24)23(31-16-12-15(27(6,7)37)21(35)22(16)36)33-25(30-13)29-11-9-18(34)38-26(3,4)5/h8,10,15-16,21-22,35-37H,9,11-12H2,1-7H3,(H2,29,30,31,33)/t15-,16+,21+,22-/m0/s1. The normalized spacial score (nSPS) is 21.8. The molecular formula is C27H38N6O5S. The van der Waals surface area contributed by atoms with Gasteiger partial charge in [-0.3, -0.25) is 9.78 Å². The van der Waals surface area contributed by atoms with Crippen LogP contribution in [0.2, 0.25) is 0 Å². The number of aryl methyl sites for hydroxylation is 2. The number of nitrogens with zero attached hydrogens (tertiary/aromatic N) is 4. The first-order valence-corrected chi connectivity index (χ1v) is 13.9. The minimum atomic E-state index is -1.17. The van der Waals surface area contributed by atoms with Gasteiger partial charge in [0.05, 0.1) is 45.8 Å². The smallest absolute Gasteiger partial charge is 0.308 e. The summed E-state index contributed by atoms with van der Waals surface area (Å²) in [6, 6.07) is 1.33. The van der Waals surface area contributed by atoms with E-state index in [4.69, 9.17) is 14.7 Å². The van der Waals surface area contributed by atoms with Gasteiger partial charge >= 0.3 is 5.97 Å². The Morgan fingerprint density at radius 3 is 2.44 bits per heavy atom. The Labute approximate surface area is 232 Å². The summed E-state index contributed by atoms with van der Waals surface area (Å²) in [6.07, 6.45) is -0.00733. The summed E-state index contributed by atoms with van der Waals surface area (Å²) >= 11 is 1.49. The Hall–Kier alpha value is -2.93. The molecule has 0 aromatic carbocycles. The topological polar surface area (TPSA) is 163 Å². The maximum atomic E-state index is 12.1. The molecule has 0 radical (unpaired) electrons. The fourth-order valence-corrected chi connectivity index (χ4v) is 5.94. The van der Waals surface area contributed by atoms with E-state index in [1.165, 1.54) is 11.3 Å². The first-order valence-electron chi connectivity index (χ1n) is 13.1. The minimum absolute atomic E-state index is 0.134. The van der Waals surface area contributed by atoms with Gasteiger partial charge in [0.2, 0.25) is 5.95 Å². The molecule has 4 atom stereocenters. The van der Waals surface area contributed by atoms with E-state index in [0.29, 0.717) is 34.5 Å². The monoisotopic (exact) mass is 558 g/mol. The van der Waals surface area contributed by atoms with Gasteiger partial charge in [-0.05, 0) is 61.0 Å². The van der Waals surface area contributed by atoms with E-state index >= 15 is 0 Å². The van der Waals surface area contributed by atoms with Crippen molar-refractivity contribution in [2.75, 3.05) is 17.2 Å². The van der Waals surface area contributed by atoms with Crippen LogP contribution < -0.4 is 10.6 Å². The summed E-state index contributed by atoms with van der Waals surface area (Å²) in [5.74, 6) is -0.132. The van der Waals surface area contributed by atoms with Gasteiger partial charge in [-0.2, -0.15) is 4.98 Å². The SMILES string of the molecule is Cc1nc(NCCC(=O)OC(C)(C)C)nc(N[C@@H]2C[C@H](C(C)(C)O)[C@@H](O)[C@H]2O)c1-c1nc2c(C)nccc2s1. The molecule has 0 bridgehead atoms. The van der Waals surface area contributed by atoms with Gasteiger partial charge < -0.3 is 30.7 Å². The van der Waals surface area contributed by atoms with E-state index in [2.05, 4.69) is 20.6 Å². The van der Waals surface area contributed by atoms with E-state index in [0.717, 1.165) is 15.9 Å². The molecule has 0 aliphatic heterocycles. The molecule has 212 valence electrons. The van der Waals surface area contributed by atoms with Crippen LogP contribution in [0.25, 0.3) is 20.8 Å². The number of nitrogens with one attached hydrogen (secondary N) is 2. The third-order valence-electron chi connectivity index (χ3n) is 6.74. The third kappa shape index (κ3) is 6.63. The van der Waals surface area contributed by atoms with E-state index in [9.17, 15) is 20.1 Å². The quantitative estimate of drug-likeness (QED) is 0.258. The Balaban J connectivity index is 1.66. The fourth-order valence-electron chi connectivity index (χ4n) is 4.82. The number of hydrogen-bond donors (Lipinski definition) is 5. The van der Waals surface area contributed by atoms with Gasteiger partial charge in [-0.25, -0.2) is 9.97 Å². The molecule has 1 aliphatic carbocycles. The van der Waals surface area contributed by atoms with Gasteiger partial charge in [0.25, 0.3) is 0 Å². The molecule has 0 saturated heterocycles. The zero-order valence-corrected chi connectivity index (χ0v) is 24.3. The van der Waals surface area contributed by atoms with Crippen LogP contribution >= 0.6 is 11.3 Å². The molecule has 1 fully saturated rings. The highest BCUT2D eigenvalue weighted by Crippen LogP contribution is 2.40. The lowest BCUT2D eigenvalue weighted by Crippen LogP contribution is -2.40. The third-order valence-corrected chi connectivity index (χ3v) is 7.78. The van der Waals surface area contributed by atoms with E-state index < -0.39 is 35.4 Å². The van der Waals surface area contributed by atoms with Gasteiger partial charge in [0.1, 0.15) is 28.0 Å². The number of aromatic nitrogens is 4. The average molecular weight is 559 g/mol. The van der Waals surface area contributed by atoms with Crippen LogP contribution in [0.1, 0.15) is 58.8 Å². The summed E-state index contributed by atoms with van der Waals surface area (Å²) < 4.78 is 6.34. The maximum Gasteiger partial charge on any atom is 0.308 e. The minimum Gasteiger partial charge on any atom is -0.460 e. The Bertz CT molecular complexity index is 1350. The fraction of sp³-hybridized carbons (Fsp3) is 0.593. The number of esters is 1. The number of aliphatic hydroxyl groups is 3. The van der Waals surface area contributed by atoms with Crippen LogP contribution in [0.3, 0.4) is 0 Å². The van der Waals surface area contributed by atoms with Crippen LogP contribution in [0.15, 0.2) is 12.3 Å². The van der Waals surface area contributed by atoms with Gasteiger partial charge in [0.15, 0.2) is 0 Å². The van der Waals surface area contributed by atoms with Gasteiger partial charge in [-0.1, -0.05) is 0 Å². The lowest BCUT2D eigenvalue weighted by molar-refractivity contribution is -0.154. The van der Waals surface area contributed by atoms with Crippen LogP contribution in [0.5, 0.6) is 0 Å². The molecule has 0 amide bonds. The lowest BCUT2D eigenvalue weighted by Gasteiger charge is -2.28. The second kappa shape index (κ2) is 10.9. The van der Waals surface area contributed by atoms with Crippen molar-refractivity contribution in [2.24, 2.45) is 5.92 Å². The van der Waals surface area contributed by atoms with Crippen molar-refractivity contribution < 1.29 is 24.9 Å². The molecule has 1 saturated carbocycles. The molecule has 5 N–H and O–H groups in total. The molecule has 1 aliphatic rings. The zero-order chi connectivity index (χ0) is 28.7. The number of carbonyl (C=O) groups excluding carboxylic acids is 1. The zero-order valence-electron chi connectivity index (χ0n) is 23.4. The largest absolute Gasteiger partial charge is 0.460 e. The van der Waals surface area contributed by atoms with E-state index in [1.54, 1.807) is 20.0 Å². The number of fused-ring (bicyclic) bond motifs is 1. The van der Waals surface area contributed by atoms with Crippen LogP contribution in [0.4, 0.5) is 11.8 Å². The summed E-state index contributed by atoms with van der Waals surface area (Å²) in [6.45, 7) is 12.7. The summed E-state index contributed by atoms with van der Waals surface area (Å²) in [7, 11) is 0. The van der Waals surface area contributed by atoms with Crippen molar-refractivity contribution in [3.63, 3.8) is 0 Å². The number of aliphatic hydroxyl groups excluding tert-OH is 2. The predicted molar refractivity (Wildman–Crippen MR) is 151 cm³/mol. The van der Waals surface area contributed by atoms with Crippen molar-refractivity contribution in [3.8, 4) is 10.6 Å². The van der Waals surface area contributed by atoms with Crippen LogP contribution in [-0.2, 0) is 9.53 Å². The second-order valence-electron chi connectivity index (χ2n) is 11.6.